The Hall–Kier alpha value is -1.10. The van der Waals surface area contributed by atoms with Gasteiger partial charge < -0.3 is 10.5 Å². The smallest absolute Gasteiger partial charge is 0.129 e. The van der Waals surface area contributed by atoms with Crippen molar-refractivity contribution in [1.29, 1.82) is 0 Å². The first-order chi connectivity index (χ1) is 9.08. The van der Waals surface area contributed by atoms with E-state index < -0.39 is 0 Å². The summed E-state index contributed by atoms with van der Waals surface area (Å²) in [6, 6.07) is 13.1. The zero-order chi connectivity index (χ0) is 13.8. The minimum Gasteiger partial charge on any atom is -0.488 e. The summed E-state index contributed by atoms with van der Waals surface area (Å²) >= 11 is 14.5. The molecule has 2 aromatic rings. The minimum absolute atomic E-state index is 0.317. The Morgan fingerprint density at radius 2 is 2.00 bits per heavy atom. The molecule has 0 saturated carbocycles. The maximum Gasteiger partial charge on any atom is 0.129 e. The van der Waals surface area contributed by atoms with Crippen molar-refractivity contribution in [3.8, 4) is 5.75 Å². The highest BCUT2D eigenvalue weighted by atomic mass is 79.9. The van der Waals surface area contributed by atoms with E-state index in [-0.39, 0.29) is 0 Å². The zero-order valence-corrected chi connectivity index (χ0v) is 13.1. The highest BCUT2D eigenvalue weighted by molar-refractivity contribution is 9.10. The van der Waals surface area contributed by atoms with Gasteiger partial charge in [-0.05, 0) is 24.3 Å². The fourth-order valence-corrected chi connectivity index (χ4v) is 2.49. The molecular formula is C14H11BrClNOS. The van der Waals surface area contributed by atoms with E-state index in [0.717, 1.165) is 15.6 Å². The number of ether oxygens (including phenoxy) is 1. The van der Waals surface area contributed by atoms with Gasteiger partial charge in [0.2, 0.25) is 0 Å². The van der Waals surface area contributed by atoms with Gasteiger partial charge in [0.25, 0.3) is 0 Å². The third kappa shape index (κ3) is 3.69. The molecule has 0 aliphatic rings. The molecule has 0 bridgehead atoms. The van der Waals surface area contributed by atoms with Crippen molar-refractivity contribution < 1.29 is 4.74 Å². The third-order valence-electron chi connectivity index (χ3n) is 2.55. The first-order valence-corrected chi connectivity index (χ1v) is 7.11. The minimum atomic E-state index is 0.317. The quantitative estimate of drug-likeness (QED) is 0.829. The van der Waals surface area contributed by atoms with E-state index in [1.807, 2.05) is 42.5 Å². The number of nitrogens with two attached hydrogens (primary N) is 1. The van der Waals surface area contributed by atoms with Crippen LogP contribution in [0, 0.1) is 0 Å². The summed E-state index contributed by atoms with van der Waals surface area (Å²) in [5.74, 6) is 0.661. The fourth-order valence-electron chi connectivity index (χ4n) is 1.59. The highest BCUT2D eigenvalue weighted by Crippen LogP contribution is 2.24. The van der Waals surface area contributed by atoms with Crippen LogP contribution in [0.3, 0.4) is 0 Å². The molecule has 0 aliphatic heterocycles. The van der Waals surface area contributed by atoms with Gasteiger partial charge in [-0.15, -0.1) is 0 Å². The fraction of sp³-hybridized carbons (Fsp3) is 0.0714. The lowest BCUT2D eigenvalue weighted by Crippen LogP contribution is -2.11. The first-order valence-electron chi connectivity index (χ1n) is 5.53. The molecule has 0 fully saturated rings. The number of rotatable bonds is 4. The Morgan fingerprint density at radius 3 is 2.68 bits per heavy atom. The predicted molar refractivity (Wildman–Crippen MR) is 85.8 cm³/mol. The monoisotopic (exact) mass is 355 g/mol. The van der Waals surface area contributed by atoms with E-state index in [0.29, 0.717) is 22.4 Å². The Kier molecular flexibility index (Phi) is 4.80. The second-order valence-electron chi connectivity index (χ2n) is 3.88. The molecule has 2 nitrogen and oxygen atoms in total. The Bertz CT molecular complexity index is 618. The van der Waals surface area contributed by atoms with E-state index in [9.17, 15) is 0 Å². The largest absolute Gasteiger partial charge is 0.488 e. The van der Waals surface area contributed by atoms with Crippen molar-refractivity contribution in [2.45, 2.75) is 6.61 Å². The van der Waals surface area contributed by atoms with Gasteiger partial charge in [-0.25, -0.2) is 0 Å². The Morgan fingerprint density at radius 1 is 1.26 bits per heavy atom. The zero-order valence-electron chi connectivity index (χ0n) is 9.90. The number of hydrogen-bond donors (Lipinski definition) is 1. The number of thiocarbonyl (C=S) groups is 1. The van der Waals surface area contributed by atoms with Crippen LogP contribution in [0.4, 0.5) is 0 Å². The molecule has 0 unspecified atom stereocenters. The van der Waals surface area contributed by atoms with Gasteiger partial charge in [-0.3, -0.25) is 0 Å². The predicted octanol–water partition coefficient (Wildman–Crippen LogP) is 4.32. The van der Waals surface area contributed by atoms with Gasteiger partial charge in [0.1, 0.15) is 17.3 Å². The second-order valence-corrected chi connectivity index (χ2v) is 5.65. The van der Waals surface area contributed by atoms with Crippen LogP contribution in [-0.4, -0.2) is 4.99 Å². The summed E-state index contributed by atoms with van der Waals surface area (Å²) in [7, 11) is 0. The van der Waals surface area contributed by atoms with Gasteiger partial charge in [-0.1, -0.05) is 57.9 Å². The lowest BCUT2D eigenvalue weighted by Gasteiger charge is -2.11. The molecule has 0 heterocycles. The van der Waals surface area contributed by atoms with Crippen LogP contribution in [0.15, 0.2) is 46.9 Å². The van der Waals surface area contributed by atoms with Crippen LogP contribution >= 0.6 is 39.7 Å². The topological polar surface area (TPSA) is 35.2 Å². The molecule has 0 aromatic heterocycles. The summed E-state index contributed by atoms with van der Waals surface area (Å²) in [6.07, 6.45) is 0. The number of benzene rings is 2. The molecule has 0 spiro atoms. The molecule has 0 atom stereocenters. The van der Waals surface area contributed by atoms with Crippen LogP contribution in [0.5, 0.6) is 5.75 Å². The molecular weight excluding hydrogens is 346 g/mol. The van der Waals surface area contributed by atoms with E-state index in [4.69, 9.17) is 34.3 Å². The summed E-state index contributed by atoms with van der Waals surface area (Å²) in [5.41, 5.74) is 7.29. The standard InChI is InChI=1S/C14H11BrClNOS/c15-10-6-5-9(12(16)7-10)8-18-13-4-2-1-3-11(13)14(17)19/h1-7H,8H2,(H2,17,19). The maximum atomic E-state index is 6.14. The van der Waals surface area contributed by atoms with Gasteiger partial charge in [0, 0.05) is 15.1 Å². The van der Waals surface area contributed by atoms with Gasteiger partial charge in [0.05, 0.1) is 5.56 Å². The molecule has 0 aliphatic carbocycles. The van der Waals surface area contributed by atoms with Gasteiger partial charge in [0.15, 0.2) is 0 Å². The second kappa shape index (κ2) is 6.37. The number of hydrogen-bond acceptors (Lipinski definition) is 2. The van der Waals surface area contributed by atoms with Crippen molar-refractivity contribution in [2.24, 2.45) is 5.73 Å². The molecule has 0 saturated heterocycles. The van der Waals surface area contributed by atoms with E-state index in [2.05, 4.69) is 15.9 Å². The average Bonchev–Trinajstić information content (AvgIpc) is 2.38. The third-order valence-corrected chi connectivity index (χ3v) is 3.62. The molecule has 2 rings (SSSR count). The molecule has 98 valence electrons. The Labute approximate surface area is 130 Å². The van der Waals surface area contributed by atoms with Crippen LogP contribution in [0.1, 0.15) is 11.1 Å². The van der Waals surface area contributed by atoms with Crippen molar-refractivity contribution >= 4 is 44.7 Å². The van der Waals surface area contributed by atoms with E-state index in [1.165, 1.54) is 0 Å². The van der Waals surface area contributed by atoms with Gasteiger partial charge >= 0.3 is 0 Å². The molecule has 5 heteroatoms. The number of halogens is 2. The summed E-state index contributed by atoms with van der Waals surface area (Å²) < 4.78 is 6.67. The molecule has 2 aromatic carbocycles. The van der Waals surface area contributed by atoms with Crippen LogP contribution < -0.4 is 10.5 Å². The normalized spacial score (nSPS) is 10.2. The molecule has 0 radical (unpaired) electrons. The van der Waals surface area contributed by atoms with Crippen molar-refractivity contribution in [2.75, 3.05) is 0 Å². The summed E-state index contributed by atoms with van der Waals surface area (Å²) in [4.78, 5) is 0.317. The summed E-state index contributed by atoms with van der Waals surface area (Å²) in [6.45, 7) is 0.367. The molecule has 0 amide bonds. The lowest BCUT2D eigenvalue weighted by molar-refractivity contribution is 0.306. The first kappa shape index (κ1) is 14.3. The number of para-hydroxylation sites is 1. The average molecular weight is 357 g/mol. The lowest BCUT2D eigenvalue weighted by atomic mass is 10.2. The maximum absolute atomic E-state index is 6.14. The van der Waals surface area contributed by atoms with Crippen molar-refractivity contribution in [1.82, 2.24) is 0 Å². The van der Waals surface area contributed by atoms with Crippen molar-refractivity contribution in [3.63, 3.8) is 0 Å². The van der Waals surface area contributed by atoms with Crippen molar-refractivity contribution in [3.05, 3.63) is 63.1 Å². The van der Waals surface area contributed by atoms with Crippen LogP contribution in [0.25, 0.3) is 0 Å². The molecule has 19 heavy (non-hydrogen) atoms. The SMILES string of the molecule is NC(=S)c1ccccc1OCc1ccc(Br)cc1Cl. The van der Waals surface area contributed by atoms with E-state index in [1.54, 1.807) is 0 Å². The summed E-state index contributed by atoms with van der Waals surface area (Å²) in [5, 5.41) is 0.655. The van der Waals surface area contributed by atoms with Crippen LogP contribution in [0.2, 0.25) is 5.02 Å². The highest BCUT2D eigenvalue weighted by Gasteiger charge is 2.07. The Balaban J connectivity index is 2.17. The molecule has 2 N–H and O–H groups in total. The van der Waals surface area contributed by atoms with Gasteiger partial charge in [-0.2, -0.15) is 0 Å². The van der Waals surface area contributed by atoms with E-state index >= 15 is 0 Å². The van der Waals surface area contributed by atoms with Crippen LogP contribution in [-0.2, 0) is 6.61 Å².